The van der Waals surface area contributed by atoms with Gasteiger partial charge < -0.3 is 9.88 Å². The third-order valence-electron chi connectivity index (χ3n) is 6.02. The lowest BCUT2D eigenvalue weighted by atomic mass is 10.1. The van der Waals surface area contributed by atoms with Gasteiger partial charge in [-0.05, 0) is 36.8 Å². The molecular formula is C21H19F5N4O2S. The van der Waals surface area contributed by atoms with Crippen LogP contribution in [0, 0.1) is 0 Å². The number of anilines is 1. The Labute approximate surface area is 186 Å². The maximum atomic E-state index is 13.9. The fourth-order valence-corrected chi connectivity index (χ4v) is 5.64. The van der Waals surface area contributed by atoms with Gasteiger partial charge in [-0.25, -0.2) is 17.2 Å². The Hall–Kier alpha value is -2.73. The lowest BCUT2D eigenvalue weighted by molar-refractivity contribution is -0.137. The number of nitrogens with zero attached hydrogens (tertiary/aromatic N) is 3. The van der Waals surface area contributed by atoms with Crippen LogP contribution in [0.25, 0.3) is 22.3 Å². The monoisotopic (exact) mass is 486 g/mol. The largest absolute Gasteiger partial charge is 0.417 e. The molecule has 0 aliphatic carbocycles. The van der Waals surface area contributed by atoms with Crippen LogP contribution in [0.1, 0.15) is 18.4 Å². The predicted molar refractivity (Wildman–Crippen MR) is 112 cm³/mol. The second kappa shape index (κ2) is 7.39. The SMILES string of the molecule is O=S(=O)(c1ccc(N2CCC(F)(F)C2)c(-c2cc3ncc(C(F)(F)F)cc3[nH]2)c1)N1CCC1. The number of sulfonamides is 1. The van der Waals surface area contributed by atoms with E-state index in [1.807, 2.05) is 0 Å². The molecule has 2 fully saturated rings. The van der Waals surface area contributed by atoms with Gasteiger partial charge in [0.1, 0.15) is 0 Å². The molecule has 2 aliphatic rings. The second-order valence-corrected chi connectivity index (χ2v) is 10.2. The minimum absolute atomic E-state index is 0.00509. The van der Waals surface area contributed by atoms with Crippen molar-refractivity contribution in [3.05, 3.63) is 42.1 Å². The molecule has 5 rings (SSSR count). The van der Waals surface area contributed by atoms with Crippen molar-refractivity contribution in [3.63, 3.8) is 0 Å². The summed E-state index contributed by atoms with van der Waals surface area (Å²) < 4.78 is 94.2. The molecule has 0 unspecified atom stereocenters. The molecule has 2 aromatic heterocycles. The average Bonchev–Trinajstić information content (AvgIpc) is 3.27. The molecule has 1 aromatic carbocycles. The molecule has 0 radical (unpaired) electrons. The van der Waals surface area contributed by atoms with Gasteiger partial charge in [-0.2, -0.15) is 17.5 Å². The van der Waals surface area contributed by atoms with Crippen molar-refractivity contribution in [1.29, 1.82) is 0 Å². The van der Waals surface area contributed by atoms with Crippen molar-refractivity contribution >= 4 is 26.7 Å². The molecule has 2 saturated heterocycles. The Bertz CT molecular complexity index is 1330. The van der Waals surface area contributed by atoms with Crippen LogP contribution in [0.4, 0.5) is 27.6 Å². The normalized spacial score (nSPS) is 19.2. The predicted octanol–water partition coefficient (Wildman–Crippen LogP) is 4.49. The highest BCUT2D eigenvalue weighted by Gasteiger charge is 2.39. The number of aromatic amines is 1. The van der Waals surface area contributed by atoms with E-state index >= 15 is 0 Å². The van der Waals surface area contributed by atoms with Crippen LogP contribution in [-0.2, 0) is 16.2 Å². The summed E-state index contributed by atoms with van der Waals surface area (Å²) in [7, 11) is -3.76. The maximum absolute atomic E-state index is 13.9. The van der Waals surface area contributed by atoms with E-state index in [4.69, 9.17) is 0 Å². The molecule has 4 heterocycles. The molecule has 3 aromatic rings. The van der Waals surface area contributed by atoms with Crippen molar-refractivity contribution in [3.8, 4) is 11.3 Å². The van der Waals surface area contributed by atoms with Gasteiger partial charge in [0, 0.05) is 43.5 Å². The summed E-state index contributed by atoms with van der Waals surface area (Å²) in [6.45, 7) is 0.326. The smallest absolute Gasteiger partial charge is 0.365 e. The Morgan fingerprint density at radius 1 is 1.06 bits per heavy atom. The van der Waals surface area contributed by atoms with Gasteiger partial charge in [0.15, 0.2) is 0 Å². The fraction of sp³-hybridized carbons (Fsp3) is 0.381. The van der Waals surface area contributed by atoms with Crippen LogP contribution in [0.2, 0.25) is 0 Å². The number of H-pyrrole nitrogens is 1. The van der Waals surface area contributed by atoms with E-state index in [9.17, 15) is 30.4 Å². The van der Waals surface area contributed by atoms with Crippen molar-refractivity contribution in [2.45, 2.75) is 29.8 Å². The quantitative estimate of drug-likeness (QED) is 0.552. The van der Waals surface area contributed by atoms with Gasteiger partial charge in [0.25, 0.3) is 5.92 Å². The van der Waals surface area contributed by atoms with Crippen LogP contribution in [-0.4, -0.2) is 54.8 Å². The van der Waals surface area contributed by atoms with Crippen molar-refractivity contribution in [2.75, 3.05) is 31.1 Å². The van der Waals surface area contributed by atoms with Gasteiger partial charge in [0.2, 0.25) is 10.0 Å². The number of hydrogen-bond donors (Lipinski definition) is 1. The fourth-order valence-electron chi connectivity index (χ4n) is 4.09. The summed E-state index contributed by atoms with van der Waals surface area (Å²) in [5.74, 6) is -2.89. The summed E-state index contributed by atoms with van der Waals surface area (Å²) in [4.78, 5) is 8.16. The molecule has 0 amide bonds. The number of halogens is 5. The first-order chi connectivity index (χ1) is 15.4. The first-order valence-corrected chi connectivity index (χ1v) is 11.7. The number of pyridine rings is 1. The van der Waals surface area contributed by atoms with Gasteiger partial charge in [-0.1, -0.05) is 0 Å². The highest BCUT2D eigenvalue weighted by molar-refractivity contribution is 7.89. The lowest BCUT2D eigenvalue weighted by Crippen LogP contribution is -2.41. The highest BCUT2D eigenvalue weighted by Crippen LogP contribution is 2.40. The Morgan fingerprint density at radius 3 is 2.42 bits per heavy atom. The van der Waals surface area contributed by atoms with Crippen molar-refractivity contribution in [1.82, 2.24) is 14.3 Å². The van der Waals surface area contributed by atoms with Gasteiger partial charge >= 0.3 is 6.18 Å². The van der Waals surface area contributed by atoms with E-state index in [1.54, 1.807) is 0 Å². The Morgan fingerprint density at radius 2 is 1.82 bits per heavy atom. The summed E-state index contributed by atoms with van der Waals surface area (Å²) >= 11 is 0. The zero-order chi connectivity index (χ0) is 23.6. The topological polar surface area (TPSA) is 69.3 Å². The Balaban J connectivity index is 1.64. The van der Waals surface area contributed by atoms with Crippen LogP contribution in [0.3, 0.4) is 0 Å². The maximum Gasteiger partial charge on any atom is 0.417 e. The van der Waals surface area contributed by atoms with Crippen LogP contribution in [0.5, 0.6) is 0 Å². The zero-order valence-electron chi connectivity index (χ0n) is 17.2. The first-order valence-electron chi connectivity index (χ1n) is 10.3. The molecular weight excluding hydrogens is 467 g/mol. The standard InChI is InChI=1S/C21H19F5N4O2S/c22-20(23)4-7-29(12-20)19-3-2-14(33(31,32)30-5-1-6-30)9-15(19)16-10-17-18(28-16)8-13(11-27-17)21(24,25)26/h2-3,8-11,28H,1,4-7,12H2. The van der Waals surface area contributed by atoms with Gasteiger partial charge in [0.05, 0.1) is 33.7 Å². The molecule has 12 heteroatoms. The molecule has 0 atom stereocenters. The number of hydrogen-bond acceptors (Lipinski definition) is 4. The molecule has 1 N–H and O–H groups in total. The third-order valence-corrected chi connectivity index (χ3v) is 7.91. The number of aromatic nitrogens is 2. The molecule has 0 bridgehead atoms. The molecule has 6 nitrogen and oxygen atoms in total. The summed E-state index contributed by atoms with van der Waals surface area (Å²) in [5.41, 5.74) is 0.387. The number of nitrogens with one attached hydrogen (secondary N) is 1. The minimum Gasteiger partial charge on any atom is -0.365 e. The van der Waals surface area contributed by atoms with Crippen LogP contribution in [0.15, 0.2) is 41.4 Å². The second-order valence-electron chi connectivity index (χ2n) is 8.30. The molecule has 176 valence electrons. The van der Waals surface area contributed by atoms with E-state index in [-0.39, 0.29) is 28.9 Å². The highest BCUT2D eigenvalue weighted by atomic mass is 32.2. The number of benzene rings is 1. The van der Waals surface area contributed by atoms with E-state index in [0.717, 1.165) is 12.5 Å². The zero-order valence-corrected chi connectivity index (χ0v) is 18.0. The van der Waals surface area contributed by atoms with E-state index in [0.29, 0.717) is 36.2 Å². The van der Waals surface area contributed by atoms with Crippen LogP contribution >= 0.6 is 0 Å². The molecule has 0 spiro atoms. The third kappa shape index (κ3) is 3.95. The number of fused-ring (bicyclic) bond motifs is 1. The lowest BCUT2D eigenvalue weighted by Gasteiger charge is -2.30. The van der Waals surface area contributed by atoms with Gasteiger partial charge in [-0.3, -0.25) is 4.98 Å². The average molecular weight is 486 g/mol. The number of alkyl halides is 5. The van der Waals surface area contributed by atoms with Gasteiger partial charge in [-0.15, -0.1) is 0 Å². The Kier molecular flexibility index (Phi) is 4.94. The van der Waals surface area contributed by atoms with Crippen LogP contribution < -0.4 is 4.90 Å². The molecule has 33 heavy (non-hydrogen) atoms. The summed E-state index contributed by atoms with van der Waals surface area (Å²) in [5, 5.41) is 0. The van der Waals surface area contributed by atoms with E-state index in [2.05, 4.69) is 9.97 Å². The summed E-state index contributed by atoms with van der Waals surface area (Å²) in [6, 6.07) is 6.64. The van der Waals surface area contributed by atoms with E-state index in [1.165, 1.54) is 33.5 Å². The van der Waals surface area contributed by atoms with Crippen molar-refractivity contribution < 1.29 is 30.4 Å². The molecule has 0 saturated carbocycles. The minimum atomic E-state index is -4.58. The first kappa shape index (κ1) is 22.1. The molecule has 2 aliphatic heterocycles. The van der Waals surface area contributed by atoms with E-state index < -0.39 is 34.2 Å². The number of rotatable bonds is 4. The summed E-state index contributed by atoms with van der Waals surface area (Å²) in [6.07, 6.45) is -3.46. The van der Waals surface area contributed by atoms with Crippen molar-refractivity contribution in [2.24, 2.45) is 0 Å².